The number of aliphatic carboxylic acids is 1. The number of methoxy groups -OCH3 is 1. The number of hydrogen-bond acceptors (Lipinski definition) is 4. The summed E-state index contributed by atoms with van der Waals surface area (Å²) >= 11 is 0. The average Bonchev–Trinajstić information content (AvgIpc) is 2.63. The third-order valence-electron chi connectivity index (χ3n) is 4.48. The highest BCUT2D eigenvalue weighted by Crippen LogP contribution is 2.20. The molecule has 1 unspecified atom stereocenters. The zero-order valence-electron chi connectivity index (χ0n) is 14.5. The number of carbonyl (C=O) groups is 3. The Hall–Kier alpha value is -2.41. The van der Waals surface area contributed by atoms with Crippen molar-refractivity contribution in [2.45, 2.75) is 32.3 Å². The molecule has 1 aromatic rings. The maximum absolute atomic E-state index is 12.5. The molecule has 1 atom stereocenters. The van der Waals surface area contributed by atoms with Gasteiger partial charge in [0.1, 0.15) is 6.10 Å². The molecule has 25 heavy (non-hydrogen) atoms. The summed E-state index contributed by atoms with van der Waals surface area (Å²) in [6.45, 7) is 2.75. The molecule has 0 saturated carbocycles. The molecule has 1 aromatic carbocycles. The van der Waals surface area contributed by atoms with Crippen LogP contribution in [-0.4, -0.2) is 54.1 Å². The van der Waals surface area contributed by atoms with Gasteiger partial charge in [-0.05, 0) is 43.5 Å². The van der Waals surface area contributed by atoms with Crippen LogP contribution in [0.1, 0.15) is 36.5 Å². The number of likely N-dealkylation sites (tertiary alicyclic amines) is 1. The van der Waals surface area contributed by atoms with Crippen molar-refractivity contribution in [3.63, 3.8) is 0 Å². The highest BCUT2D eigenvalue weighted by atomic mass is 16.5. The predicted octanol–water partition coefficient (Wildman–Crippen LogP) is 1.99. The summed E-state index contributed by atoms with van der Waals surface area (Å²) in [5, 5.41) is 11.8. The minimum absolute atomic E-state index is 0.120. The summed E-state index contributed by atoms with van der Waals surface area (Å²) in [6.07, 6.45) is 1.03. The largest absolute Gasteiger partial charge is 0.481 e. The van der Waals surface area contributed by atoms with E-state index in [0.717, 1.165) is 0 Å². The zero-order valence-corrected chi connectivity index (χ0v) is 14.5. The summed E-state index contributed by atoms with van der Waals surface area (Å²) in [5.41, 5.74) is 1.12. The second-order valence-electron chi connectivity index (χ2n) is 6.10. The fourth-order valence-corrected chi connectivity index (χ4v) is 2.89. The van der Waals surface area contributed by atoms with Crippen molar-refractivity contribution >= 4 is 23.5 Å². The van der Waals surface area contributed by atoms with Crippen molar-refractivity contribution < 1.29 is 24.2 Å². The van der Waals surface area contributed by atoms with Crippen LogP contribution in [0.3, 0.4) is 0 Å². The Morgan fingerprint density at radius 2 is 1.84 bits per heavy atom. The van der Waals surface area contributed by atoms with Crippen molar-refractivity contribution in [1.82, 2.24) is 4.90 Å². The number of amides is 2. The quantitative estimate of drug-likeness (QED) is 0.819. The average molecular weight is 348 g/mol. The van der Waals surface area contributed by atoms with Crippen LogP contribution in [0.15, 0.2) is 24.3 Å². The van der Waals surface area contributed by atoms with Crippen LogP contribution in [0.25, 0.3) is 0 Å². The molecule has 1 heterocycles. The Labute approximate surface area is 147 Å². The van der Waals surface area contributed by atoms with Gasteiger partial charge in [-0.1, -0.05) is 6.92 Å². The Morgan fingerprint density at radius 3 is 2.32 bits per heavy atom. The highest BCUT2D eigenvalue weighted by Gasteiger charge is 2.27. The maximum Gasteiger partial charge on any atom is 0.306 e. The second-order valence-corrected chi connectivity index (χ2v) is 6.10. The lowest BCUT2D eigenvalue weighted by Gasteiger charge is -2.30. The van der Waals surface area contributed by atoms with Gasteiger partial charge < -0.3 is 20.1 Å². The van der Waals surface area contributed by atoms with E-state index in [9.17, 15) is 14.4 Å². The smallest absolute Gasteiger partial charge is 0.306 e. The third kappa shape index (κ3) is 4.79. The molecule has 0 bridgehead atoms. The number of carbonyl (C=O) groups excluding carboxylic acids is 2. The Bertz CT molecular complexity index is 617. The molecule has 0 spiro atoms. The summed E-state index contributed by atoms with van der Waals surface area (Å²) in [4.78, 5) is 37.1. The number of anilines is 1. The molecule has 0 aliphatic carbocycles. The van der Waals surface area contributed by atoms with E-state index in [-0.39, 0.29) is 17.7 Å². The third-order valence-corrected chi connectivity index (χ3v) is 4.48. The molecule has 2 N–H and O–H groups in total. The van der Waals surface area contributed by atoms with Crippen molar-refractivity contribution in [1.29, 1.82) is 0 Å². The highest BCUT2D eigenvalue weighted by molar-refractivity contribution is 5.97. The minimum Gasteiger partial charge on any atom is -0.481 e. The van der Waals surface area contributed by atoms with Gasteiger partial charge in [-0.25, -0.2) is 0 Å². The fraction of sp³-hybridized carbons (Fsp3) is 0.500. The van der Waals surface area contributed by atoms with E-state index < -0.39 is 12.1 Å². The number of carboxylic acid groups (broad SMARTS) is 1. The molecule has 1 fully saturated rings. The number of nitrogens with one attached hydrogen (secondary N) is 1. The lowest BCUT2D eigenvalue weighted by Crippen LogP contribution is -2.40. The summed E-state index contributed by atoms with van der Waals surface area (Å²) in [6, 6.07) is 6.68. The van der Waals surface area contributed by atoms with Crippen LogP contribution < -0.4 is 5.32 Å². The van der Waals surface area contributed by atoms with Gasteiger partial charge in [0.2, 0.25) is 0 Å². The zero-order chi connectivity index (χ0) is 18.4. The minimum atomic E-state index is -0.798. The Balaban J connectivity index is 1.94. The number of piperidine rings is 1. The number of benzene rings is 1. The molecule has 7 nitrogen and oxygen atoms in total. The molecule has 1 aliphatic rings. The lowest BCUT2D eigenvalue weighted by atomic mass is 9.96. The van der Waals surface area contributed by atoms with E-state index >= 15 is 0 Å². The molecule has 1 aliphatic heterocycles. The van der Waals surface area contributed by atoms with Crippen LogP contribution >= 0.6 is 0 Å². The fourth-order valence-electron chi connectivity index (χ4n) is 2.89. The van der Waals surface area contributed by atoms with Crippen LogP contribution in [-0.2, 0) is 14.3 Å². The Morgan fingerprint density at radius 1 is 1.24 bits per heavy atom. The normalized spacial score (nSPS) is 16.3. The van der Waals surface area contributed by atoms with Gasteiger partial charge in [0.05, 0.1) is 5.92 Å². The Kier molecular flexibility index (Phi) is 6.52. The first-order valence-electron chi connectivity index (χ1n) is 8.42. The first-order chi connectivity index (χ1) is 12.0. The van der Waals surface area contributed by atoms with E-state index in [0.29, 0.717) is 43.6 Å². The standard InChI is InChI=1S/C18H24N2O5/c1-3-15(25-2)16(21)19-14-6-4-12(5-7-14)17(22)20-10-8-13(9-11-20)18(23)24/h4-7,13,15H,3,8-11H2,1-2H3,(H,19,21)(H,23,24). The number of ether oxygens (including phenoxy) is 1. The van der Waals surface area contributed by atoms with Crippen molar-refractivity contribution in [2.75, 3.05) is 25.5 Å². The van der Waals surface area contributed by atoms with Crippen LogP contribution in [0.2, 0.25) is 0 Å². The molecule has 2 amide bonds. The van der Waals surface area contributed by atoms with Crippen molar-refractivity contribution in [2.24, 2.45) is 5.92 Å². The lowest BCUT2D eigenvalue weighted by molar-refractivity contribution is -0.143. The SMILES string of the molecule is CCC(OC)C(=O)Nc1ccc(C(=O)N2CCC(C(=O)O)CC2)cc1. The second kappa shape index (κ2) is 8.62. The number of nitrogens with zero attached hydrogens (tertiary/aromatic N) is 1. The molecule has 7 heteroatoms. The van der Waals surface area contributed by atoms with Gasteiger partial charge in [0.25, 0.3) is 11.8 Å². The molecule has 0 aromatic heterocycles. The van der Waals surface area contributed by atoms with Crippen LogP contribution in [0, 0.1) is 5.92 Å². The molecular weight excluding hydrogens is 324 g/mol. The van der Waals surface area contributed by atoms with Crippen LogP contribution in [0.4, 0.5) is 5.69 Å². The summed E-state index contributed by atoms with van der Waals surface area (Å²) < 4.78 is 5.09. The van der Waals surface area contributed by atoms with E-state index in [2.05, 4.69) is 5.32 Å². The van der Waals surface area contributed by atoms with Crippen molar-refractivity contribution in [3.8, 4) is 0 Å². The maximum atomic E-state index is 12.5. The van der Waals surface area contributed by atoms with E-state index in [1.54, 1.807) is 29.2 Å². The first kappa shape index (κ1) is 18.9. The topological polar surface area (TPSA) is 95.9 Å². The summed E-state index contributed by atoms with van der Waals surface area (Å²) in [5.74, 6) is -1.51. The van der Waals surface area contributed by atoms with E-state index in [1.165, 1.54) is 7.11 Å². The number of carboxylic acids is 1. The molecular formula is C18H24N2O5. The van der Waals surface area contributed by atoms with Gasteiger partial charge in [-0.2, -0.15) is 0 Å². The van der Waals surface area contributed by atoms with Gasteiger partial charge in [-0.15, -0.1) is 0 Å². The van der Waals surface area contributed by atoms with Gasteiger partial charge in [0, 0.05) is 31.5 Å². The van der Waals surface area contributed by atoms with E-state index in [4.69, 9.17) is 9.84 Å². The molecule has 0 radical (unpaired) electrons. The first-order valence-corrected chi connectivity index (χ1v) is 8.42. The summed E-state index contributed by atoms with van der Waals surface area (Å²) in [7, 11) is 1.49. The number of rotatable bonds is 6. The molecule has 1 saturated heterocycles. The number of hydrogen-bond donors (Lipinski definition) is 2. The van der Waals surface area contributed by atoms with Gasteiger partial charge >= 0.3 is 5.97 Å². The monoisotopic (exact) mass is 348 g/mol. The van der Waals surface area contributed by atoms with Crippen LogP contribution in [0.5, 0.6) is 0 Å². The molecule has 136 valence electrons. The predicted molar refractivity (Wildman–Crippen MR) is 92.4 cm³/mol. The van der Waals surface area contributed by atoms with Gasteiger partial charge in [-0.3, -0.25) is 14.4 Å². The molecule has 2 rings (SSSR count). The van der Waals surface area contributed by atoms with Crippen molar-refractivity contribution in [3.05, 3.63) is 29.8 Å². The van der Waals surface area contributed by atoms with E-state index in [1.807, 2.05) is 6.92 Å². The van der Waals surface area contributed by atoms with Gasteiger partial charge in [0.15, 0.2) is 0 Å².